The molecule has 0 aliphatic heterocycles. The predicted octanol–water partition coefficient (Wildman–Crippen LogP) is 1.42. The Morgan fingerprint density at radius 3 is 2.43 bits per heavy atom. The molecule has 0 atom stereocenters. The van der Waals surface area contributed by atoms with Gasteiger partial charge in [0.25, 0.3) is 0 Å². The molecule has 0 aliphatic rings. The third kappa shape index (κ3) is 4.96. The van der Waals surface area contributed by atoms with Gasteiger partial charge in [0.2, 0.25) is 0 Å². The Hall–Kier alpha value is -2.28. The standard InChI is InChI=1S/C14H21N3O4/c1-16(2)7-8-17(3)14(20)15-10-5-6-11(13(18)19)12(9-10)21-4/h5-6,9H,7-8H2,1-4H3,(H,15,20)(H,18,19). The normalized spacial score (nSPS) is 10.3. The zero-order valence-electron chi connectivity index (χ0n) is 12.7. The minimum atomic E-state index is -1.08. The van der Waals surface area contributed by atoms with Gasteiger partial charge < -0.3 is 25.0 Å². The number of ether oxygens (including phenoxy) is 1. The van der Waals surface area contributed by atoms with Crippen molar-refractivity contribution < 1.29 is 19.4 Å². The Morgan fingerprint density at radius 2 is 1.90 bits per heavy atom. The summed E-state index contributed by atoms with van der Waals surface area (Å²) in [5.41, 5.74) is 0.537. The SMILES string of the molecule is COc1cc(NC(=O)N(C)CCN(C)C)ccc1C(=O)O. The van der Waals surface area contributed by atoms with Crippen LogP contribution in [-0.4, -0.2) is 68.2 Å². The Bertz CT molecular complexity index is 517. The minimum Gasteiger partial charge on any atom is -0.496 e. The molecule has 1 rings (SSSR count). The van der Waals surface area contributed by atoms with Gasteiger partial charge in [0.15, 0.2) is 0 Å². The first-order chi connectivity index (χ1) is 9.85. The average Bonchev–Trinajstić information content (AvgIpc) is 2.43. The fourth-order valence-corrected chi connectivity index (χ4v) is 1.62. The molecule has 0 radical (unpaired) electrons. The van der Waals surface area contributed by atoms with Gasteiger partial charge in [-0.05, 0) is 26.2 Å². The van der Waals surface area contributed by atoms with Crippen molar-refractivity contribution in [1.29, 1.82) is 0 Å². The second kappa shape index (κ2) is 7.49. The molecular formula is C14H21N3O4. The molecule has 7 nitrogen and oxygen atoms in total. The van der Waals surface area contributed by atoms with E-state index in [1.165, 1.54) is 25.3 Å². The molecule has 7 heteroatoms. The molecule has 2 N–H and O–H groups in total. The van der Waals surface area contributed by atoms with Crippen molar-refractivity contribution in [2.24, 2.45) is 0 Å². The zero-order valence-corrected chi connectivity index (χ0v) is 12.7. The Labute approximate surface area is 124 Å². The van der Waals surface area contributed by atoms with Crippen molar-refractivity contribution >= 4 is 17.7 Å². The summed E-state index contributed by atoms with van der Waals surface area (Å²) in [4.78, 5) is 26.5. The van der Waals surface area contributed by atoms with Gasteiger partial charge in [0, 0.05) is 31.9 Å². The highest BCUT2D eigenvalue weighted by atomic mass is 16.5. The average molecular weight is 295 g/mol. The van der Waals surface area contributed by atoms with E-state index >= 15 is 0 Å². The van der Waals surface area contributed by atoms with Gasteiger partial charge in [-0.2, -0.15) is 0 Å². The molecule has 0 aliphatic carbocycles. The number of carboxylic acid groups (broad SMARTS) is 1. The van der Waals surface area contributed by atoms with Crippen molar-refractivity contribution in [3.8, 4) is 5.75 Å². The second-order valence-corrected chi connectivity index (χ2v) is 4.88. The summed E-state index contributed by atoms with van der Waals surface area (Å²) in [5, 5.41) is 11.7. The molecule has 0 saturated carbocycles. The summed E-state index contributed by atoms with van der Waals surface area (Å²) in [6.07, 6.45) is 0. The number of carboxylic acids is 1. The smallest absolute Gasteiger partial charge is 0.339 e. The highest BCUT2D eigenvalue weighted by molar-refractivity contribution is 5.94. The van der Waals surface area contributed by atoms with E-state index in [1.54, 1.807) is 11.9 Å². The van der Waals surface area contributed by atoms with Crippen LogP contribution in [0.3, 0.4) is 0 Å². The van der Waals surface area contributed by atoms with Crippen LogP contribution in [0.25, 0.3) is 0 Å². The minimum absolute atomic E-state index is 0.0523. The van der Waals surface area contributed by atoms with Crippen LogP contribution in [0.5, 0.6) is 5.75 Å². The van der Waals surface area contributed by atoms with E-state index < -0.39 is 5.97 Å². The highest BCUT2D eigenvalue weighted by Crippen LogP contribution is 2.23. The maximum absolute atomic E-state index is 12.0. The van der Waals surface area contributed by atoms with Crippen molar-refractivity contribution in [2.45, 2.75) is 0 Å². The molecule has 0 unspecified atom stereocenters. The van der Waals surface area contributed by atoms with Gasteiger partial charge in [-0.15, -0.1) is 0 Å². The van der Waals surface area contributed by atoms with E-state index in [1.807, 2.05) is 19.0 Å². The molecule has 1 aromatic carbocycles. The van der Waals surface area contributed by atoms with Crippen molar-refractivity contribution in [3.63, 3.8) is 0 Å². The van der Waals surface area contributed by atoms with E-state index in [0.717, 1.165) is 6.54 Å². The molecular weight excluding hydrogens is 274 g/mol. The predicted molar refractivity (Wildman–Crippen MR) is 80.2 cm³/mol. The molecule has 2 amide bonds. The fraction of sp³-hybridized carbons (Fsp3) is 0.429. The number of aromatic carboxylic acids is 1. The van der Waals surface area contributed by atoms with Crippen molar-refractivity contribution in [1.82, 2.24) is 9.80 Å². The van der Waals surface area contributed by atoms with Crippen molar-refractivity contribution in [2.75, 3.05) is 46.7 Å². The number of amides is 2. The third-order valence-electron chi connectivity index (χ3n) is 2.91. The summed E-state index contributed by atoms with van der Waals surface area (Å²) in [6.45, 7) is 1.34. The van der Waals surface area contributed by atoms with Gasteiger partial charge >= 0.3 is 12.0 Å². The summed E-state index contributed by atoms with van der Waals surface area (Å²) in [7, 11) is 6.95. The molecule has 0 spiro atoms. The van der Waals surface area contributed by atoms with Crippen LogP contribution in [0, 0.1) is 0 Å². The molecule has 0 bridgehead atoms. The van der Waals surface area contributed by atoms with Gasteiger partial charge in [0.1, 0.15) is 11.3 Å². The number of hydrogen-bond acceptors (Lipinski definition) is 4. The highest BCUT2D eigenvalue weighted by Gasteiger charge is 2.14. The number of benzene rings is 1. The lowest BCUT2D eigenvalue weighted by Crippen LogP contribution is -2.36. The molecule has 0 saturated heterocycles. The van der Waals surface area contributed by atoms with E-state index in [9.17, 15) is 9.59 Å². The quantitative estimate of drug-likeness (QED) is 0.829. The van der Waals surface area contributed by atoms with Crippen LogP contribution in [0.15, 0.2) is 18.2 Å². The van der Waals surface area contributed by atoms with Crippen LogP contribution >= 0.6 is 0 Å². The van der Waals surface area contributed by atoms with Gasteiger partial charge in [-0.1, -0.05) is 0 Å². The van der Waals surface area contributed by atoms with Crippen molar-refractivity contribution in [3.05, 3.63) is 23.8 Å². The first-order valence-electron chi connectivity index (χ1n) is 6.43. The number of urea groups is 1. The number of nitrogens with one attached hydrogen (secondary N) is 1. The summed E-state index contributed by atoms with van der Waals surface area (Å²) in [6, 6.07) is 4.16. The topological polar surface area (TPSA) is 82.1 Å². The third-order valence-corrected chi connectivity index (χ3v) is 2.91. The fourth-order valence-electron chi connectivity index (χ4n) is 1.62. The number of rotatable bonds is 6. The van der Waals surface area contributed by atoms with Crippen LogP contribution in [0.2, 0.25) is 0 Å². The molecule has 1 aromatic rings. The summed E-state index contributed by atoms with van der Waals surface area (Å²) in [5.74, 6) is -0.871. The largest absolute Gasteiger partial charge is 0.496 e. The van der Waals surface area contributed by atoms with Crippen LogP contribution in [0.4, 0.5) is 10.5 Å². The number of likely N-dealkylation sites (N-methyl/N-ethyl adjacent to an activating group) is 2. The molecule has 0 aromatic heterocycles. The molecule has 21 heavy (non-hydrogen) atoms. The van der Waals surface area contributed by atoms with Gasteiger partial charge in [-0.25, -0.2) is 9.59 Å². The monoisotopic (exact) mass is 295 g/mol. The second-order valence-electron chi connectivity index (χ2n) is 4.88. The Kier molecular flexibility index (Phi) is 5.98. The Morgan fingerprint density at radius 1 is 1.24 bits per heavy atom. The maximum atomic E-state index is 12.0. The maximum Gasteiger partial charge on any atom is 0.339 e. The van der Waals surface area contributed by atoms with E-state index in [2.05, 4.69) is 5.32 Å². The number of methoxy groups -OCH3 is 1. The summed E-state index contributed by atoms with van der Waals surface area (Å²) < 4.78 is 5.02. The van der Waals surface area contributed by atoms with Gasteiger partial charge in [0.05, 0.1) is 7.11 Å². The van der Waals surface area contributed by atoms with E-state index in [0.29, 0.717) is 12.2 Å². The van der Waals surface area contributed by atoms with Gasteiger partial charge in [-0.3, -0.25) is 0 Å². The molecule has 0 fully saturated rings. The van der Waals surface area contributed by atoms with E-state index in [4.69, 9.17) is 9.84 Å². The molecule has 116 valence electrons. The summed E-state index contributed by atoms with van der Waals surface area (Å²) >= 11 is 0. The first kappa shape index (κ1) is 16.8. The lowest BCUT2D eigenvalue weighted by atomic mass is 10.2. The zero-order chi connectivity index (χ0) is 16.0. The number of hydrogen-bond donors (Lipinski definition) is 2. The first-order valence-corrected chi connectivity index (χ1v) is 6.43. The number of nitrogens with zero attached hydrogens (tertiary/aromatic N) is 2. The number of anilines is 1. The lowest BCUT2D eigenvalue weighted by Gasteiger charge is -2.20. The van der Waals surface area contributed by atoms with Crippen LogP contribution < -0.4 is 10.1 Å². The van der Waals surface area contributed by atoms with E-state index in [-0.39, 0.29) is 17.3 Å². The number of carbonyl (C=O) groups is 2. The van der Waals surface area contributed by atoms with Crippen LogP contribution in [0.1, 0.15) is 10.4 Å². The molecule has 0 heterocycles. The lowest BCUT2D eigenvalue weighted by molar-refractivity contribution is 0.0693. The van der Waals surface area contributed by atoms with Crippen LogP contribution in [-0.2, 0) is 0 Å². The Balaban J connectivity index is 2.74. The number of carbonyl (C=O) groups excluding carboxylic acids is 1.